The van der Waals surface area contributed by atoms with E-state index in [1.165, 1.54) is 6.20 Å². The van der Waals surface area contributed by atoms with Crippen LogP contribution >= 0.6 is 11.6 Å². The molecule has 0 aliphatic rings. The standard InChI is InChI=1S/C19H16ClN5O2S/c1-12-5-7-14(8-6-12)28(26,27)25-11-15(13-4-3-9-22-10-13)16-17(21-2)23-19(20)24-18(16)25/h3-11H,1-2H3,(H,21,23,24). The summed E-state index contributed by atoms with van der Waals surface area (Å²) in [6, 6.07) is 10.3. The lowest BCUT2D eigenvalue weighted by molar-refractivity contribution is 0.589. The van der Waals surface area contributed by atoms with E-state index >= 15 is 0 Å². The minimum absolute atomic E-state index is 0.0481. The smallest absolute Gasteiger partial charge is 0.269 e. The number of benzene rings is 1. The minimum Gasteiger partial charge on any atom is -0.372 e. The van der Waals surface area contributed by atoms with Crippen LogP contribution in [0.25, 0.3) is 22.2 Å². The van der Waals surface area contributed by atoms with Crippen LogP contribution in [0.5, 0.6) is 0 Å². The number of rotatable bonds is 4. The summed E-state index contributed by atoms with van der Waals surface area (Å²) in [7, 11) is -2.20. The van der Waals surface area contributed by atoms with Crippen LogP contribution in [0.15, 0.2) is 59.9 Å². The van der Waals surface area contributed by atoms with E-state index in [-0.39, 0.29) is 15.8 Å². The molecule has 0 radical (unpaired) electrons. The van der Waals surface area contributed by atoms with E-state index in [1.807, 2.05) is 13.0 Å². The zero-order valence-corrected chi connectivity index (χ0v) is 16.7. The Morgan fingerprint density at radius 2 is 1.86 bits per heavy atom. The second-order valence-electron chi connectivity index (χ2n) is 6.19. The molecule has 28 heavy (non-hydrogen) atoms. The zero-order chi connectivity index (χ0) is 19.9. The van der Waals surface area contributed by atoms with Gasteiger partial charge < -0.3 is 5.32 Å². The molecule has 1 N–H and O–H groups in total. The number of aryl methyl sites for hydroxylation is 1. The predicted octanol–water partition coefficient (Wildman–Crippen LogP) is 3.73. The van der Waals surface area contributed by atoms with E-state index in [2.05, 4.69) is 20.3 Å². The highest BCUT2D eigenvalue weighted by atomic mass is 35.5. The Labute approximate surface area is 167 Å². The van der Waals surface area contributed by atoms with Gasteiger partial charge in [-0.15, -0.1) is 0 Å². The lowest BCUT2D eigenvalue weighted by atomic mass is 10.1. The summed E-state index contributed by atoms with van der Waals surface area (Å²) in [6.07, 6.45) is 4.84. The molecule has 7 nitrogen and oxygen atoms in total. The van der Waals surface area contributed by atoms with Crippen molar-refractivity contribution in [1.82, 2.24) is 18.9 Å². The average molecular weight is 414 g/mol. The third-order valence-electron chi connectivity index (χ3n) is 4.37. The molecule has 4 aromatic rings. The average Bonchev–Trinajstić information content (AvgIpc) is 3.08. The number of halogens is 1. The number of fused-ring (bicyclic) bond motifs is 1. The lowest BCUT2D eigenvalue weighted by Crippen LogP contribution is -2.13. The van der Waals surface area contributed by atoms with Crippen molar-refractivity contribution >= 4 is 38.5 Å². The van der Waals surface area contributed by atoms with E-state index in [9.17, 15) is 8.42 Å². The van der Waals surface area contributed by atoms with Gasteiger partial charge in [0.25, 0.3) is 10.0 Å². The Hall–Kier alpha value is -2.97. The van der Waals surface area contributed by atoms with Crippen molar-refractivity contribution in [2.75, 3.05) is 12.4 Å². The van der Waals surface area contributed by atoms with Crippen LogP contribution in [0, 0.1) is 6.92 Å². The molecule has 0 saturated heterocycles. The van der Waals surface area contributed by atoms with Crippen LogP contribution in [-0.4, -0.2) is 34.4 Å². The highest BCUT2D eigenvalue weighted by molar-refractivity contribution is 7.90. The van der Waals surface area contributed by atoms with Gasteiger partial charge in [-0.1, -0.05) is 23.8 Å². The maximum atomic E-state index is 13.3. The van der Waals surface area contributed by atoms with Crippen molar-refractivity contribution in [3.63, 3.8) is 0 Å². The van der Waals surface area contributed by atoms with Gasteiger partial charge in [-0.3, -0.25) is 4.98 Å². The van der Waals surface area contributed by atoms with Crippen LogP contribution in [0.2, 0.25) is 5.28 Å². The van der Waals surface area contributed by atoms with Gasteiger partial charge >= 0.3 is 0 Å². The summed E-state index contributed by atoms with van der Waals surface area (Å²) in [6.45, 7) is 1.90. The van der Waals surface area contributed by atoms with Gasteiger partial charge in [-0.2, -0.15) is 4.98 Å². The fraction of sp³-hybridized carbons (Fsp3) is 0.105. The van der Waals surface area contributed by atoms with Crippen LogP contribution < -0.4 is 5.32 Å². The van der Waals surface area contributed by atoms with Gasteiger partial charge in [0.2, 0.25) is 5.28 Å². The van der Waals surface area contributed by atoms with Gasteiger partial charge in [0, 0.05) is 36.8 Å². The van der Waals surface area contributed by atoms with Crippen molar-refractivity contribution in [2.24, 2.45) is 0 Å². The van der Waals surface area contributed by atoms with Crippen LogP contribution in [0.4, 0.5) is 5.82 Å². The summed E-state index contributed by atoms with van der Waals surface area (Å²) in [5.74, 6) is 0.437. The number of nitrogens with one attached hydrogen (secondary N) is 1. The number of hydrogen-bond acceptors (Lipinski definition) is 6. The topological polar surface area (TPSA) is 89.8 Å². The molecule has 4 rings (SSSR count). The molecule has 142 valence electrons. The predicted molar refractivity (Wildman–Crippen MR) is 109 cm³/mol. The molecular weight excluding hydrogens is 398 g/mol. The summed E-state index contributed by atoms with van der Waals surface area (Å²) >= 11 is 6.06. The van der Waals surface area contributed by atoms with Crippen molar-refractivity contribution in [1.29, 1.82) is 0 Å². The van der Waals surface area contributed by atoms with Gasteiger partial charge in [0.15, 0.2) is 5.65 Å². The molecule has 0 atom stereocenters. The molecule has 3 aromatic heterocycles. The quantitative estimate of drug-likeness (QED) is 0.512. The molecule has 1 aromatic carbocycles. The third-order valence-corrected chi connectivity index (χ3v) is 6.21. The molecule has 0 saturated carbocycles. The van der Waals surface area contributed by atoms with Gasteiger partial charge in [-0.05, 0) is 36.7 Å². The van der Waals surface area contributed by atoms with Gasteiger partial charge in [0.1, 0.15) is 5.82 Å². The van der Waals surface area contributed by atoms with Crippen molar-refractivity contribution in [2.45, 2.75) is 11.8 Å². The Bertz CT molecular complexity index is 1270. The van der Waals surface area contributed by atoms with Crippen LogP contribution in [0.3, 0.4) is 0 Å². The molecule has 0 aliphatic heterocycles. The van der Waals surface area contributed by atoms with E-state index < -0.39 is 10.0 Å². The van der Waals surface area contributed by atoms with E-state index in [0.717, 1.165) is 15.1 Å². The second kappa shape index (κ2) is 6.88. The molecule has 0 bridgehead atoms. The zero-order valence-electron chi connectivity index (χ0n) is 15.1. The Kier molecular flexibility index (Phi) is 4.52. The van der Waals surface area contributed by atoms with E-state index in [4.69, 9.17) is 11.6 Å². The van der Waals surface area contributed by atoms with Gasteiger partial charge in [-0.25, -0.2) is 17.4 Å². The van der Waals surface area contributed by atoms with Crippen molar-refractivity contribution < 1.29 is 8.42 Å². The van der Waals surface area contributed by atoms with Crippen LogP contribution in [-0.2, 0) is 10.0 Å². The van der Waals surface area contributed by atoms with E-state index in [1.54, 1.807) is 49.8 Å². The molecule has 0 amide bonds. The largest absolute Gasteiger partial charge is 0.372 e. The number of pyridine rings is 1. The maximum absolute atomic E-state index is 13.3. The molecule has 0 spiro atoms. The molecule has 9 heteroatoms. The summed E-state index contributed by atoms with van der Waals surface area (Å²) in [4.78, 5) is 12.7. The maximum Gasteiger partial charge on any atom is 0.269 e. The van der Waals surface area contributed by atoms with E-state index in [0.29, 0.717) is 16.8 Å². The molecule has 0 aliphatic carbocycles. The number of aromatic nitrogens is 4. The Morgan fingerprint density at radius 3 is 2.50 bits per heavy atom. The highest BCUT2D eigenvalue weighted by Crippen LogP contribution is 2.36. The first-order valence-electron chi connectivity index (χ1n) is 8.41. The normalized spacial score (nSPS) is 11.7. The lowest BCUT2D eigenvalue weighted by Gasteiger charge is -2.08. The second-order valence-corrected chi connectivity index (χ2v) is 8.34. The fourth-order valence-electron chi connectivity index (χ4n) is 3.00. The first-order chi connectivity index (χ1) is 13.4. The minimum atomic E-state index is -3.89. The number of hydrogen-bond donors (Lipinski definition) is 1. The molecule has 0 unspecified atom stereocenters. The summed E-state index contributed by atoms with van der Waals surface area (Å²) < 4.78 is 27.8. The molecule has 0 fully saturated rings. The first kappa shape index (κ1) is 18.4. The monoisotopic (exact) mass is 413 g/mol. The van der Waals surface area contributed by atoms with Crippen molar-refractivity contribution in [3.8, 4) is 11.1 Å². The highest BCUT2D eigenvalue weighted by Gasteiger charge is 2.25. The summed E-state index contributed by atoms with van der Waals surface area (Å²) in [5.41, 5.74) is 2.55. The fourth-order valence-corrected chi connectivity index (χ4v) is 4.48. The molecular formula is C19H16ClN5O2S. The first-order valence-corrected chi connectivity index (χ1v) is 10.2. The van der Waals surface area contributed by atoms with Gasteiger partial charge in [0.05, 0.1) is 10.3 Å². The Morgan fingerprint density at radius 1 is 1.11 bits per heavy atom. The number of anilines is 1. The number of nitrogens with zero attached hydrogens (tertiary/aromatic N) is 4. The summed E-state index contributed by atoms with van der Waals surface area (Å²) in [5, 5.41) is 3.47. The van der Waals surface area contributed by atoms with Crippen molar-refractivity contribution in [3.05, 3.63) is 65.8 Å². The SMILES string of the molecule is CNc1nc(Cl)nc2c1c(-c1cccnc1)cn2S(=O)(=O)c1ccc(C)cc1. The van der Waals surface area contributed by atoms with Crippen LogP contribution in [0.1, 0.15) is 5.56 Å². The Balaban J connectivity index is 2.07. The molecule has 3 heterocycles. The third kappa shape index (κ3) is 3.00.